The van der Waals surface area contributed by atoms with Gasteiger partial charge in [0.2, 0.25) is 0 Å². The lowest BCUT2D eigenvalue weighted by Crippen LogP contribution is -2.41. The first-order valence-corrected chi connectivity index (χ1v) is 7.57. The molecule has 1 rings (SSSR count). The van der Waals surface area contributed by atoms with Crippen molar-refractivity contribution in [3.63, 3.8) is 0 Å². The molecule has 1 aromatic heterocycles. The zero-order valence-corrected chi connectivity index (χ0v) is 15.4. The lowest BCUT2D eigenvalue weighted by molar-refractivity contribution is 0.591. The minimum Gasteiger partial charge on any atom is -0.357 e. The Hall–Kier alpha value is -0.300. The van der Waals surface area contributed by atoms with Crippen LogP contribution in [0, 0.1) is 5.92 Å². The summed E-state index contributed by atoms with van der Waals surface area (Å²) in [5, 5.41) is 8.74. The molecule has 0 bridgehead atoms. The molecule has 2 N–H and O–H groups in total. The van der Waals surface area contributed by atoms with Crippen molar-refractivity contribution in [2.45, 2.75) is 40.2 Å². The Morgan fingerprint density at radius 2 is 2.11 bits per heavy atom. The lowest BCUT2D eigenvalue weighted by atomic mass is 10.1. The van der Waals surface area contributed by atoms with E-state index >= 15 is 0 Å². The van der Waals surface area contributed by atoms with Gasteiger partial charge < -0.3 is 10.6 Å². The fraction of sp³-hybridized carbons (Fsp3) is 0.643. The second-order valence-electron chi connectivity index (χ2n) is 4.91. The summed E-state index contributed by atoms with van der Waals surface area (Å²) < 4.78 is 0. The SMILES string of the molecule is CCNC(=NCC(C)Cc1cccs1)NC(C)C.I. The summed E-state index contributed by atoms with van der Waals surface area (Å²) in [6.07, 6.45) is 1.11. The molecule has 0 saturated carbocycles. The molecule has 0 spiro atoms. The number of rotatable bonds is 6. The topological polar surface area (TPSA) is 36.4 Å². The molecule has 3 nitrogen and oxygen atoms in total. The second-order valence-corrected chi connectivity index (χ2v) is 5.94. The van der Waals surface area contributed by atoms with Crippen molar-refractivity contribution in [2.75, 3.05) is 13.1 Å². The van der Waals surface area contributed by atoms with Gasteiger partial charge in [0.15, 0.2) is 5.96 Å². The minimum absolute atomic E-state index is 0. The zero-order chi connectivity index (χ0) is 13.4. The van der Waals surface area contributed by atoms with Crippen LogP contribution < -0.4 is 10.6 Å². The van der Waals surface area contributed by atoms with Crippen LogP contribution in [0.5, 0.6) is 0 Å². The molecule has 1 aromatic rings. The Bertz CT molecular complexity index is 350. The molecule has 0 radical (unpaired) electrons. The van der Waals surface area contributed by atoms with Crippen molar-refractivity contribution >= 4 is 41.3 Å². The molecule has 0 aliphatic heterocycles. The van der Waals surface area contributed by atoms with Gasteiger partial charge in [-0.2, -0.15) is 0 Å². The van der Waals surface area contributed by atoms with E-state index in [4.69, 9.17) is 0 Å². The highest BCUT2D eigenvalue weighted by Crippen LogP contribution is 2.14. The molecule has 1 atom stereocenters. The van der Waals surface area contributed by atoms with Crippen molar-refractivity contribution in [2.24, 2.45) is 10.9 Å². The summed E-state index contributed by atoms with van der Waals surface area (Å²) in [6.45, 7) is 10.4. The van der Waals surface area contributed by atoms with Gasteiger partial charge in [-0.05, 0) is 44.6 Å². The second kappa shape index (κ2) is 10.5. The average Bonchev–Trinajstić information content (AvgIpc) is 2.78. The van der Waals surface area contributed by atoms with Crippen LogP contribution in [0.1, 0.15) is 32.6 Å². The van der Waals surface area contributed by atoms with Crippen LogP contribution in [-0.4, -0.2) is 25.1 Å². The quantitative estimate of drug-likeness (QED) is 0.440. The van der Waals surface area contributed by atoms with Crippen LogP contribution in [0.25, 0.3) is 0 Å². The number of hydrogen-bond donors (Lipinski definition) is 2. The van der Waals surface area contributed by atoms with Gasteiger partial charge in [-0.15, -0.1) is 35.3 Å². The van der Waals surface area contributed by atoms with Gasteiger partial charge in [-0.25, -0.2) is 0 Å². The third kappa shape index (κ3) is 8.47. The maximum Gasteiger partial charge on any atom is 0.191 e. The maximum atomic E-state index is 4.63. The van der Waals surface area contributed by atoms with Crippen molar-refractivity contribution in [3.05, 3.63) is 22.4 Å². The highest BCUT2D eigenvalue weighted by atomic mass is 127. The molecule has 0 aliphatic carbocycles. The molecule has 0 aliphatic rings. The third-order valence-electron chi connectivity index (χ3n) is 2.46. The van der Waals surface area contributed by atoms with Crippen molar-refractivity contribution in [3.8, 4) is 0 Å². The molecule has 5 heteroatoms. The number of aliphatic imine (C=N–C) groups is 1. The van der Waals surface area contributed by atoms with Gasteiger partial charge in [-0.3, -0.25) is 4.99 Å². The van der Waals surface area contributed by atoms with Crippen LogP contribution in [0.15, 0.2) is 22.5 Å². The average molecular weight is 395 g/mol. The number of halogens is 1. The molecular weight excluding hydrogens is 369 g/mol. The van der Waals surface area contributed by atoms with E-state index < -0.39 is 0 Å². The van der Waals surface area contributed by atoms with Crippen LogP contribution in [0.2, 0.25) is 0 Å². The van der Waals surface area contributed by atoms with Gasteiger partial charge in [0, 0.05) is 24.0 Å². The molecule has 1 heterocycles. The van der Waals surface area contributed by atoms with Crippen LogP contribution in [0.3, 0.4) is 0 Å². The summed E-state index contributed by atoms with van der Waals surface area (Å²) in [7, 11) is 0. The van der Waals surface area contributed by atoms with Gasteiger partial charge in [-0.1, -0.05) is 13.0 Å². The van der Waals surface area contributed by atoms with Crippen LogP contribution >= 0.6 is 35.3 Å². The first kappa shape index (κ1) is 18.7. The third-order valence-corrected chi connectivity index (χ3v) is 3.36. The standard InChI is InChI=1S/C14H25N3S.HI/c1-5-15-14(17-11(2)3)16-10-12(4)9-13-7-6-8-18-13;/h6-8,11-12H,5,9-10H2,1-4H3,(H2,15,16,17);1H. The molecule has 110 valence electrons. The Labute approximate surface area is 138 Å². The van der Waals surface area contributed by atoms with E-state index in [2.05, 4.69) is 60.8 Å². The monoisotopic (exact) mass is 395 g/mol. The fourth-order valence-electron chi connectivity index (χ4n) is 1.68. The predicted octanol–water partition coefficient (Wildman–Crippen LogP) is 3.51. The van der Waals surface area contributed by atoms with E-state index in [0.29, 0.717) is 12.0 Å². The van der Waals surface area contributed by atoms with Gasteiger partial charge in [0.25, 0.3) is 0 Å². The predicted molar refractivity (Wildman–Crippen MR) is 96.9 cm³/mol. The summed E-state index contributed by atoms with van der Waals surface area (Å²) >= 11 is 1.83. The summed E-state index contributed by atoms with van der Waals surface area (Å²) in [5.41, 5.74) is 0. The molecular formula is C14H26IN3S. The maximum absolute atomic E-state index is 4.63. The van der Waals surface area contributed by atoms with E-state index in [1.54, 1.807) is 0 Å². The Kier molecular flexibility index (Phi) is 10.3. The highest BCUT2D eigenvalue weighted by Gasteiger charge is 2.05. The van der Waals surface area contributed by atoms with E-state index in [1.165, 1.54) is 4.88 Å². The number of hydrogen-bond acceptors (Lipinski definition) is 2. The molecule has 0 aromatic carbocycles. The lowest BCUT2D eigenvalue weighted by Gasteiger charge is -2.15. The smallest absolute Gasteiger partial charge is 0.191 e. The zero-order valence-electron chi connectivity index (χ0n) is 12.3. The number of nitrogens with zero attached hydrogens (tertiary/aromatic N) is 1. The normalized spacial score (nSPS) is 13.0. The van der Waals surface area contributed by atoms with E-state index in [-0.39, 0.29) is 24.0 Å². The van der Waals surface area contributed by atoms with Crippen LogP contribution in [-0.2, 0) is 6.42 Å². The molecule has 1 unspecified atom stereocenters. The first-order chi connectivity index (χ1) is 8.61. The Balaban J connectivity index is 0.00000324. The van der Waals surface area contributed by atoms with E-state index in [1.807, 2.05) is 11.3 Å². The highest BCUT2D eigenvalue weighted by molar-refractivity contribution is 14.0. The number of thiophene rings is 1. The van der Waals surface area contributed by atoms with Gasteiger partial charge in [0.05, 0.1) is 0 Å². The Morgan fingerprint density at radius 3 is 2.63 bits per heavy atom. The molecule has 0 fully saturated rings. The Morgan fingerprint density at radius 1 is 1.37 bits per heavy atom. The van der Waals surface area contributed by atoms with Gasteiger partial charge in [0.1, 0.15) is 0 Å². The van der Waals surface area contributed by atoms with Crippen molar-refractivity contribution in [1.82, 2.24) is 10.6 Å². The first-order valence-electron chi connectivity index (χ1n) is 6.69. The molecule has 19 heavy (non-hydrogen) atoms. The van der Waals surface area contributed by atoms with Crippen molar-refractivity contribution in [1.29, 1.82) is 0 Å². The minimum atomic E-state index is 0. The largest absolute Gasteiger partial charge is 0.357 e. The fourth-order valence-corrected chi connectivity index (χ4v) is 2.55. The summed E-state index contributed by atoms with van der Waals surface area (Å²) in [5.74, 6) is 1.50. The summed E-state index contributed by atoms with van der Waals surface area (Å²) in [4.78, 5) is 6.08. The van der Waals surface area contributed by atoms with Crippen molar-refractivity contribution < 1.29 is 0 Å². The number of guanidine groups is 1. The van der Waals surface area contributed by atoms with Crippen LogP contribution in [0.4, 0.5) is 0 Å². The number of nitrogens with one attached hydrogen (secondary N) is 2. The van der Waals surface area contributed by atoms with Gasteiger partial charge >= 0.3 is 0 Å². The molecule has 0 amide bonds. The molecule has 0 saturated heterocycles. The van der Waals surface area contributed by atoms with E-state index in [9.17, 15) is 0 Å². The summed E-state index contributed by atoms with van der Waals surface area (Å²) in [6, 6.07) is 4.72. The van der Waals surface area contributed by atoms with E-state index in [0.717, 1.165) is 25.5 Å².